The van der Waals surface area contributed by atoms with Crippen molar-refractivity contribution in [3.05, 3.63) is 41.7 Å². The van der Waals surface area contributed by atoms with Crippen molar-refractivity contribution in [2.45, 2.75) is 64.5 Å². The lowest BCUT2D eigenvalue weighted by atomic mass is 10.0. The van der Waals surface area contributed by atoms with Crippen molar-refractivity contribution in [1.29, 1.82) is 0 Å². The Morgan fingerprint density at radius 3 is 2.39 bits per heavy atom. The van der Waals surface area contributed by atoms with Crippen molar-refractivity contribution in [2.24, 2.45) is 0 Å². The van der Waals surface area contributed by atoms with Crippen LogP contribution in [0.1, 0.15) is 52.0 Å². The average Bonchev–Trinajstić information content (AvgIpc) is 3.48. The zero-order valence-corrected chi connectivity index (χ0v) is 22.2. The van der Waals surface area contributed by atoms with E-state index in [1.54, 1.807) is 4.57 Å². The Hall–Kier alpha value is -3.54. The summed E-state index contributed by atoms with van der Waals surface area (Å²) in [6.45, 7) is 8.39. The summed E-state index contributed by atoms with van der Waals surface area (Å²) < 4.78 is 38.7. The molecule has 1 aromatic carbocycles. The minimum Gasteiger partial charge on any atom is -0.437 e. The molecule has 1 fully saturated rings. The smallest absolute Gasteiger partial charge is 0.437 e. The zero-order chi connectivity index (χ0) is 27.9. The molecule has 0 radical (unpaired) electrons. The number of rotatable bonds is 11. The normalized spacial score (nSPS) is 14.7. The molecule has 2 N–H and O–H groups in total. The Bertz CT molecular complexity index is 1130. The first-order valence-corrected chi connectivity index (χ1v) is 12.6. The third kappa shape index (κ3) is 7.73. The van der Waals surface area contributed by atoms with E-state index in [4.69, 9.17) is 4.74 Å². The highest BCUT2D eigenvalue weighted by Crippen LogP contribution is 2.32. The van der Waals surface area contributed by atoms with E-state index in [1.807, 2.05) is 20.8 Å². The van der Waals surface area contributed by atoms with E-state index in [0.29, 0.717) is 25.5 Å². The van der Waals surface area contributed by atoms with E-state index in [9.17, 15) is 23.2 Å². The molecule has 1 aromatic heterocycles. The van der Waals surface area contributed by atoms with Gasteiger partial charge in [-0.1, -0.05) is 13.3 Å². The van der Waals surface area contributed by atoms with Crippen LogP contribution in [0, 0.1) is 11.6 Å². The number of carbonyl (C=O) groups is 3. The minimum atomic E-state index is -0.972. The summed E-state index contributed by atoms with van der Waals surface area (Å²) in [5, 5.41) is 5.26. The van der Waals surface area contributed by atoms with Crippen LogP contribution >= 0.6 is 0 Å². The SMILES string of the molecule is CCCC(NC(=O)Cc1cc(F)cc(F)c1)C(=O)Nc1ncn(C(C)(C)CN2CCCC2)c1OC(=O)OC. The molecule has 2 amide bonds. The lowest BCUT2D eigenvalue weighted by Gasteiger charge is -2.32. The number of carbonyl (C=O) groups excluding carboxylic acids is 3. The van der Waals surface area contributed by atoms with Crippen LogP contribution in [-0.2, 0) is 26.3 Å². The van der Waals surface area contributed by atoms with Crippen molar-refractivity contribution in [3.63, 3.8) is 0 Å². The van der Waals surface area contributed by atoms with Gasteiger partial charge in [0.05, 0.1) is 19.1 Å². The first-order chi connectivity index (χ1) is 18.0. The molecule has 0 bridgehead atoms. The quantitative estimate of drug-likeness (QED) is 0.423. The third-order valence-electron chi connectivity index (χ3n) is 6.29. The van der Waals surface area contributed by atoms with Crippen molar-refractivity contribution in [1.82, 2.24) is 19.8 Å². The minimum absolute atomic E-state index is 0.00236. The zero-order valence-electron chi connectivity index (χ0n) is 22.2. The fourth-order valence-corrected chi connectivity index (χ4v) is 4.54. The van der Waals surface area contributed by atoms with Crippen molar-refractivity contribution in [3.8, 4) is 5.88 Å². The standard InChI is InChI=1S/C26H35F2N5O5/c1-5-8-20(30-21(34)13-17-11-18(27)14-19(28)12-17)23(35)31-22-24(38-25(36)37-4)33(16-29-22)26(2,3)15-32-9-6-7-10-32/h11-12,14,16,20H,5-10,13,15H2,1-4H3,(H,30,34)(H,31,35). The molecule has 38 heavy (non-hydrogen) atoms. The number of imidazole rings is 1. The maximum Gasteiger partial charge on any atom is 0.514 e. The fraction of sp³-hybridized carbons (Fsp3) is 0.538. The number of hydrogen-bond donors (Lipinski definition) is 2. The summed E-state index contributed by atoms with van der Waals surface area (Å²) in [7, 11) is 1.17. The number of methoxy groups -OCH3 is 1. The number of benzene rings is 1. The van der Waals surface area contributed by atoms with Gasteiger partial charge < -0.3 is 25.0 Å². The maximum absolute atomic E-state index is 13.5. The monoisotopic (exact) mass is 535 g/mol. The maximum atomic E-state index is 13.5. The number of amides is 2. The van der Waals surface area contributed by atoms with Crippen LogP contribution in [0.5, 0.6) is 5.88 Å². The molecule has 10 nitrogen and oxygen atoms in total. The molecule has 0 aliphatic carbocycles. The van der Waals surface area contributed by atoms with Gasteiger partial charge in [0.1, 0.15) is 24.0 Å². The average molecular weight is 536 g/mol. The van der Waals surface area contributed by atoms with Crippen LogP contribution in [0.4, 0.5) is 19.4 Å². The molecular weight excluding hydrogens is 500 g/mol. The van der Waals surface area contributed by atoms with Gasteiger partial charge in [0.25, 0.3) is 5.88 Å². The van der Waals surface area contributed by atoms with Crippen LogP contribution in [0.15, 0.2) is 24.5 Å². The Balaban J connectivity index is 1.77. The largest absolute Gasteiger partial charge is 0.514 e. The highest BCUT2D eigenvalue weighted by Gasteiger charge is 2.32. The fourth-order valence-electron chi connectivity index (χ4n) is 4.54. The summed E-state index contributed by atoms with van der Waals surface area (Å²) in [4.78, 5) is 44.4. The van der Waals surface area contributed by atoms with E-state index < -0.39 is 41.2 Å². The van der Waals surface area contributed by atoms with Gasteiger partial charge in [-0.15, -0.1) is 0 Å². The van der Waals surface area contributed by atoms with Crippen LogP contribution in [0.25, 0.3) is 0 Å². The summed E-state index contributed by atoms with van der Waals surface area (Å²) in [5.74, 6) is -2.74. The number of hydrogen-bond acceptors (Lipinski definition) is 7. The number of nitrogens with zero attached hydrogens (tertiary/aromatic N) is 3. The molecular formula is C26H35F2N5O5. The molecule has 1 aliphatic heterocycles. The Morgan fingerprint density at radius 1 is 1.13 bits per heavy atom. The molecule has 2 heterocycles. The molecule has 1 aliphatic rings. The van der Waals surface area contributed by atoms with Gasteiger partial charge in [0, 0.05) is 12.6 Å². The summed E-state index contributed by atoms with van der Waals surface area (Å²) in [6, 6.07) is 1.88. The van der Waals surface area contributed by atoms with E-state index in [1.165, 1.54) is 13.4 Å². The van der Waals surface area contributed by atoms with Gasteiger partial charge in [-0.25, -0.2) is 18.6 Å². The second-order valence-electron chi connectivity index (χ2n) is 9.97. The Morgan fingerprint density at radius 2 is 1.79 bits per heavy atom. The lowest BCUT2D eigenvalue weighted by molar-refractivity contribution is -0.126. The van der Waals surface area contributed by atoms with E-state index in [0.717, 1.165) is 38.1 Å². The Kier molecular flexibility index (Phi) is 9.78. The van der Waals surface area contributed by atoms with E-state index >= 15 is 0 Å². The molecule has 1 unspecified atom stereocenters. The molecule has 0 spiro atoms. The highest BCUT2D eigenvalue weighted by molar-refractivity contribution is 5.97. The van der Waals surface area contributed by atoms with E-state index in [-0.39, 0.29) is 23.7 Å². The van der Waals surface area contributed by atoms with Crippen molar-refractivity contribution in [2.75, 3.05) is 32.1 Å². The number of likely N-dealkylation sites (tertiary alicyclic amines) is 1. The summed E-state index contributed by atoms with van der Waals surface area (Å²) in [6.07, 6.45) is 3.30. The number of aromatic nitrogens is 2. The first kappa shape index (κ1) is 29.0. The number of anilines is 1. The van der Waals surface area contributed by atoms with Gasteiger partial charge in [0.15, 0.2) is 5.82 Å². The second-order valence-corrected chi connectivity index (χ2v) is 9.97. The van der Waals surface area contributed by atoms with Crippen molar-refractivity contribution >= 4 is 23.8 Å². The number of ether oxygens (including phenoxy) is 2. The molecule has 2 aromatic rings. The molecule has 1 saturated heterocycles. The second kappa shape index (κ2) is 12.8. The number of nitrogens with one attached hydrogen (secondary N) is 2. The van der Waals surface area contributed by atoms with Gasteiger partial charge in [-0.2, -0.15) is 0 Å². The van der Waals surface area contributed by atoms with Crippen LogP contribution in [0.3, 0.4) is 0 Å². The molecule has 3 rings (SSSR count). The van der Waals surface area contributed by atoms with Crippen LogP contribution in [-0.4, -0.2) is 65.2 Å². The Labute approximate surface area is 220 Å². The first-order valence-electron chi connectivity index (χ1n) is 12.6. The molecule has 12 heteroatoms. The molecule has 0 saturated carbocycles. The number of halogens is 2. The van der Waals surface area contributed by atoms with Crippen LogP contribution in [0.2, 0.25) is 0 Å². The summed E-state index contributed by atoms with van der Waals surface area (Å²) >= 11 is 0. The predicted molar refractivity (Wildman–Crippen MR) is 136 cm³/mol. The summed E-state index contributed by atoms with van der Waals surface area (Å²) in [5.41, 5.74) is -0.399. The topological polar surface area (TPSA) is 115 Å². The van der Waals surface area contributed by atoms with Gasteiger partial charge in [-0.3, -0.25) is 14.2 Å². The third-order valence-corrected chi connectivity index (χ3v) is 6.29. The van der Waals surface area contributed by atoms with Gasteiger partial charge >= 0.3 is 6.16 Å². The van der Waals surface area contributed by atoms with Crippen molar-refractivity contribution < 1.29 is 32.6 Å². The van der Waals surface area contributed by atoms with E-state index in [2.05, 4.69) is 25.3 Å². The van der Waals surface area contributed by atoms with Crippen LogP contribution < -0.4 is 15.4 Å². The lowest BCUT2D eigenvalue weighted by Crippen LogP contribution is -2.44. The molecule has 208 valence electrons. The molecule has 1 atom stereocenters. The predicted octanol–water partition coefficient (Wildman–Crippen LogP) is 3.60. The van der Waals surface area contributed by atoms with Gasteiger partial charge in [-0.05, 0) is 63.9 Å². The van der Waals surface area contributed by atoms with Gasteiger partial charge in [0.2, 0.25) is 11.8 Å². The highest BCUT2D eigenvalue weighted by atomic mass is 19.1.